The lowest BCUT2D eigenvalue weighted by Crippen LogP contribution is -2.18. The fourth-order valence-electron chi connectivity index (χ4n) is 1.67. The van der Waals surface area contributed by atoms with Crippen molar-refractivity contribution in [3.8, 4) is 0 Å². The van der Waals surface area contributed by atoms with E-state index in [4.69, 9.17) is 51.1 Å². The van der Waals surface area contributed by atoms with Crippen LogP contribution in [0.1, 0.15) is 5.56 Å². The van der Waals surface area contributed by atoms with Crippen molar-refractivity contribution < 1.29 is 9.53 Å². The third-order valence-corrected chi connectivity index (χ3v) is 4.14. The highest BCUT2D eigenvalue weighted by Gasteiger charge is 2.10. The Labute approximate surface area is 148 Å². The minimum absolute atomic E-state index is 0.137. The van der Waals surface area contributed by atoms with Gasteiger partial charge in [0, 0.05) is 5.02 Å². The van der Waals surface area contributed by atoms with Crippen molar-refractivity contribution in [3.05, 3.63) is 62.1 Å². The van der Waals surface area contributed by atoms with E-state index in [0.29, 0.717) is 25.8 Å². The van der Waals surface area contributed by atoms with Crippen LogP contribution >= 0.6 is 46.4 Å². The van der Waals surface area contributed by atoms with E-state index in [1.807, 2.05) is 18.2 Å². The Balaban J connectivity index is 1.89. The Morgan fingerprint density at radius 2 is 1.64 bits per heavy atom. The first kappa shape index (κ1) is 17.4. The summed E-state index contributed by atoms with van der Waals surface area (Å²) in [7, 11) is 0. The van der Waals surface area contributed by atoms with Crippen molar-refractivity contribution in [1.82, 2.24) is 0 Å². The van der Waals surface area contributed by atoms with Crippen LogP contribution in [0.2, 0.25) is 20.1 Å². The van der Waals surface area contributed by atoms with Gasteiger partial charge in [-0.15, -0.1) is 0 Å². The zero-order chi connectivity index (χ0) is 16.1. The Morgan fingerprint density at radius 1 is 0.955 bits per heavy atom. The standard InChI is InChI=1S/C15H11Cl4NO2/c16-10-4-2-1-3-9(10)7-22-8-15(21)20-14-6-12(18)11(17)5-13(14)19/h1-6H,7-8H2,(H,20,21). The molecule has 2 rings (SSSR count). The minimum Gasteiger partial charge on any atom is -0.367 e. The molecule has 0 radical (unpaired) electrons. The Hall–Kier alpha value is -0.970. The highest BCUT2D eigenvalue weighted by molar-refractivity contribution is 6.44. The Kier molecular flexibility index (Phi) is 6.36. The van der Waals surface area contributed by atoms with Crippen molar-refractivity contribution >= 4 is 58.0 Å². The predicted octanol–water partition coefficient (Wildman–Crippen LogP) is 5.46. The summed E-state index contributed by atoms with van der Waals surface area (Å²) >= 11 is 23.7. The average Bonchev–Trinajstić information content (AvgIpc) is 2.47. The van der Waals surface area contributed by atoms with Crippen molar-refractivity contribution in [2.45, 2.75) is 6.61 Å². The molecule has 0 aliphatic rings. The SMILES string of the molecule is O=C(COCc1ccccc1Cl)Nc1cc(Cl)c(Cl)cc1Cl. The first-order chi connectivity index (χ1) is 10.5. The van der Waals surface area contributed by atoms with Gasteiger partial charge in [-0.05, 0) is 23.8 Å². The van der Waals surface area contributed by atoms with E-state index in [0.717, 1.165) is 5.56 Å². The molecule has 0 aliphatic carbocycles. The maximum atomic E-state index is 11.8. The van der Waals surface area contributed by atoms with Crippen LogP contribution < -0.4 is 5.32 Å². The summed E-state index contributed by atoms with van der Waals surface area (Å²) in [6.45, 7) is 0.101. The molecule has 0 fully saturated rings. The molecule has 116 valence electrons. The molecule has 3 nitrogen and oxygen atoms in total. The van der Waals surface area contributed by atoms with Crippen LogP contribution in [0.3, 0.4) is 0 Å². The smallest absolute Gasteiger partial charge is 0.250 e. The topological polar surface area (TPSA) is 38.3 Å². The molecule has 0 unspecified atom stereocenters. The molecule has 0 heterocycles. The lowest BCUT2D eigenvalue weighted by Gasteiger charge is -2.09. The molecule has 1 amide bonds. The number of carbonyl (C=O) groups is 1. The number of anilines is 1. The lowest BCUT2D eigenvalue weighted by molar-refractivity contribution is -0.121. The van der Waals surface area contributed by atoms with E-state index in [-0.39, 0.29) is 19.1 Å². The van der Waals surface area contributed by atoms with E-state index < -0.39 is 0 Å². The number of amides is 1. The molecule has 0 saturated heterocycles. The van der Waals surface area contributed by atoms with Gasteiger partial charge >= 0.3 is 0 Å². The lowest BCUT2D eigenvalue weighted by atomic mass is 10.2. The predicted molar refractivity (Wildman–Crippen MR) is 91.2 cm³/mol. The quantitative estimate of drug-likeness (QED) is 0.702. The monoisotopic (exact) mass is 377 g/mol. The van der Waals surface area contributed by atoms with E-state index in [9.17, 15) is 4.79 Å². The first-order valence-corrected chi connectivity index (χ1v) is 7.74. The zero-order valence-electron chi connectivity index (χ0n) is 11.2. The Morgan fingerprint density at radius 3 is 2.36 bits per heavy atom. The molecule has 0 atom stereocenters. The van der Waals surface area contributed by atoms with E-state index in [2.05, 4.69) is 5.32 Å². The largest absolute Gasteiger partial charge is 0.367 e. The van der Waals surface area contributed by atoms with Gasteiger partial charge in [0.2, 0.25) is 5.91 Å². The maximum Gasteiger partial charge on any atom is 0.250 e. The molecule has 0 aliphatic heterocycles. The molecule has 0 saturated carbocycles. The molecule has 0 aromatic heterocycles. The molecule has 22 heavy (non-hydrogen) atoms. The summed E-state index contributed by atoms with van der Waals surface area (Å²) in [5.74, 6) is -0.354. The number of carbonyl (C=O) groups excluding carboxylic acids is 1. The molecular weight excluding hydrogens is 368 g/mol. The molecule has 0 bridgehead atoms. The van der Waals surface area contributed by atoms with Crippen LogP contribution in [0.25, 0.3) is 0 Å². The molecule has 0 spiro atoms. The number of nitrogens with one attached hydrogen (secondary N) is 1. The van der Waals surface area contributed by atoms with Crippen molar-refractivity contribution in [2.24, 2.45) is 0 Å². The van der Waals surface area contributed by atoms with Gasteiger partial charge in [0.25, 0.3) is 0 Å². The third-order valence-electron chi connectivity index (χ3n) is 2.73. The van der Waals surface area contributed by atoms with Crippen LogP contribution in [-0.2, 0) is 16.1 Å². The van der Waals surface area contributed by atoms with Crippen LogP contribution in [-0.4, -0.2) is 12.5 Å². The summed E-state index contributed by atoms with van der Waals surface area (Å²) in [5.41, 5.74) is 1.19. The normalized spacial score (nSPS) is 10.5. The second kappa shape index (κ2) is 8.04. The molecular formula is C15H11Cl4NO2. The average molecular weight is 379 g/mol. The minimum atomic E-state index is -0.354. The highest BCUT2D eigenvalue weighted by Crippen LogP contribution is 2.32. The number of halogens is 4. The van der Waals surface area contributed by atoms with Crippen LogP contribution in [0.4, 0.5) is 5.69 Å². The van der Waals surface area contributed by atoms with Crippen molar-refractivity contribution in [1.29, 1.82) is 0 Å². The summed E-state index contributed by atoms with van der Waals surface area (Å²) in [5, 5.41) is 4.12. The zero-order valence-corrected chi connectivity index (χ0v) is 14.2. The number of benzene rings is 2. The van der Waals surface area contributed by atoms with E-state index in [1.165, 1.54) is 12.1 Å². The summed E-state index contributed by atoms with van der Waals surface area (Å²) in [6.07, 6.45) is 0. The van der Waals surface area contributed by atoms with E-state index >= 15 is 0 Å². The summed E-state index contributed by atoms with van der Waals surface area (Å²) in [4.78, 5) is 11.8. The number of hydrogen-bond donors (Lipinski definition) is 1. The Bertz CT molecular complexity index is 691. The van der Waals surface area contributed by atoms with Gasteiger partial charge in [-0.25, -0.2) is 0 Å². The number of ether oxygens (including phenoxy) is 1. The maximum absolute atomic E-state index is 11.8. The van der Waals surface area contributed by atoms with Gasteiger partial charge in [0.1, 0.15) is 6.61 Å². The van der Waals surface area contributed by atoms with Gasteiger partial charge in [-0.3, -0.25) is 4.79 Å². The van der Waals surface area contributed by atoms with Crippen LogP contribution in [0.5, 0.6) is 0 Å². The van der Waals surface area contributed by atoms with Gasteiger partial charge < -0.3 is 10.1 Å². The van der Waals surface area contributed by atoms with E-state index in [1.54, 1.807) is 6.07 Å². The van der Waals surface area contributed by atoms with Crippen molar-refractivity contribution in [2.75, 3.05) is 11.9 Å². The van der Waals surface area contributed by atoms with Crippen LogP contribution in [0, 0.1) is 0 Å². The second-order valence-electron chi connectivity index (χ2n) is 4.38. The van der Waals surface area contributed by atoms with Gasteiger partial charge in [0.15, 0.2) is 0 Å². The molecule has 2 aromatic carbocycles. The molecule has 2 aromatic rings. The summed E-state index contributed by atoms with van der Waals surface area (Å²) in [6, 6.07) is 10.2. The molecule has 1 N–H and O–H groups in total. The van der Waals surface area contributed by atoms with Crippen molar-refractivity contribution in [3.63, 3.8) is 0 Å². The fraction of sp³-hybridized carbons (Fsp3) is 0.133. The summed E-state index contributed by atoms with van der Waals surface area (Å²) < 4.78 is 5.33. The fourth-order valence-corrected chi connectivity index (χ4v) is 2.46. The number of hydrogen-bond acceptors (Lipinski definition) is 2. The second-order valence-corrected chi connectivity index (χ2v) is 6.01. The van der Waals surface area contributed by atoms with Gasteiger partial charge in [-0.1, -0.05) is 64.6 Å². The third kappa shape index (κ3) is 4.77. The van der Waals surface area contributed by atoms with Gasteiger partial charge in [0.05, 0.1) is 27.4 Å². The highest BCUT2D eigenvalue weighted by atomic mass is 35.5. The van der Waals surface area contributed by atoms with Crippen LogP contribution in [0.15, 0.2) is 36.4 Å². The number of rotatable bonds is 5. The first-order valence-electron chi connectivity index (χ1n) is 6.23. The molecule has 7 heteroatoms. The van der Waals surface area contributed by atoms with Gasteiger partial charge in [-0.2, -0.15) is 0 Å².